The Labute approximate surface area is 235 Å². The average Bonchev–Trinajstić information content (AvgIpc) is 2.74. The van der Waals surface area contributed by atoms with Gasteiger partial charge in [0.2, 0.25) is 11.8 Å². The van der Waals surface area contributed by atoms with E-state index in [2.05, 4.69) is 19.8 Å². The summed E-state index contributed by atoms with van der Waals surface area (Å²) in [5.74, 6) is -3.98. The molecular formula is C18H31N4NaO13S. The molecule has 9 atom stereocenters. The summed E-state index contributed by atoms with van der Waals surface area (Å²) in [6, 6.07) is -5.57. The van der Waals surface area contributed by atoms with Crippen LogP contribution in [0.5, 0.6) is 0 Å². The number of aliphatic hydroxyl groups is 2. The molecule has 1 rings (SSSR count). The smallest absolute Gasteiger partial charge is 0.862 e. The predicted octanol–water partition coefficient (Wildman–Crippen LogP) is -7.77. The number of rotatable bonds is 12. The molecule has 0 unspecified atom stereocenters. The van der Waals surface area contributed by atoms with Gasteiger partial charge < -0.3 is 46.3 Å². The van der Waals surface area contributed by atoms with Crippen LogP contribution in [0.1, 0.15) is 27.7 Å². The maximum Gasteiger partial charge on any atom is 1.00 e. The number of carbonyl (C=O) groups is 3. The number of aliphatic imine (C=N–C) groups is 1. The molecule has 0 radical (unpaired) electrons. The molecule has 37 heavy (non-hydrogen) atoms. The van der Waals surface area contributed by atoms with E-state index in [1.54, 1.807) is 0 Å². The van der Waals surface area contributed by atoms with Gasteiger partial charge in [0, 0.05) is 0 Å². The van der Waals surface area contributed by atoms with Crippen molar-refractivity contribution in [2.24, 2.45) is 10.7 Å². The molecule has 1 saturated heterocycles. The Kier molecular flexibility index (Phi) is 14.6. The van der Waals surface area contributed by atoms with Gasteiger partial charge in [-0.2, -0.15) is 8.42 Å². The van der Waals surface area contributed by atoms with Gasteiger partial charge in [-0.25, -0.2) is 4.18 Å². The maximum atomic E-state index is 12.7. The second-order valence-corrected chi connectivity index (χ2v) is 9.15. The third kappa shape index (κ3) is 11.4. The van der Waals surface area contributed by atoms with Crippen LogP contribution in [0.25, 0.3) is 0 Å². The van der Waals surface area contributed by atoms with Gasteiger partial charge in [0.05, 0.1) is 18.8 Å². The standard InChI is InChI=1S/C18H32N4O13S.Na/c1-6(19)15(26)22-11(16(27)20-7(2)17(28)29)8(3)34-18-12(21-9(4)23)14(25)13(24)10(35-18)5-33-36(30,31)32;/h6-8,10-14,18,24-25H,5,19H2,1-4H3,(H,20,27)(H,21,23)(H,22,26)(H,28,29)(H,30,31,32);/q;+1/p-1/t6-,7-,8+,10+,11-,12+,13-,14+,18-;/m0./s1. The van der Waals surface area contributed by atoms with Crippen molar-refractivity contribution in [2.75, 3.05) is 6.61 Å². The van der Waals surface area contributed by atoms with E-state index >= 15 is 0 Å². The molecular weight excluding hydrogens is 535 g/mol. The molecule has 1 aliphatic rings. The Hall–Kier alpha value is -1.45. The quantitative estimate of drug-likeness (QED) is 0.0500. The molecule has 19 heteroatoms. The molecule has 208 valence electrons. The van der Waals surface area contributed by atoms with Gasteiger partial charge in [0.1, 0.15) is 36.4 Å². The first-order chi connectivity index (χ1) is 16.4. The molecule has 0 aliphatic carbocycles. The van der Waals surface area contributed by atoms with E-state index in [0.29, 0.717) is 0 Å². The fraction of sp³-hybridized carbons (Fsp3) is 0.778. The van der Waals surface area contributed by atoms with Crippen molar-refractivity contribution in [3.05, 3.63) is 0 Å². The normalized spacial score (nSPS) is 27.7. The van der Waals surface area contributed by atoms with Crippen molar-refractivity contribution in [1.29, 1.82) is 0 Å². The molecule has 0 saturated carbocycles. The van der Waals surface area contributed by atoms with Crippen molar-refractivity contribution in [1.82, 2.24) is 10.6 Å². The zero-order valence-electron chi connectivity index (χ0n) is 20.8. The van der Waals surface area contributed by atoms with E-state index < -0.39 is 95.6 Å². The van der Waals surface area contributed by atoms with E-state index in [0.717, 1.165) is 6.92 Å². The molecule has 17 nitrogen and oxygen atoms in total. The van der Waals surface area contributed by atoms with Crippen LogP contribution in [0.15, 0.2) is 4.99 Å². The summed E-state index contributed by atoms with van der Waals surface area (Å²) in [5.41, 5.74) is 5.52. The first-order valence-electron chi connectivity index (χ1n) is 10.5. The molecule has 0 bridgehead atoms. The number of aliphatic hydroxyl groups excluding tert-OH is 2. The van der Waals surface area contributed by atoms with Crippen LogP contribution in [0.2, 0.25) is 0 Å². The largest absolute Gasteiger partial charge is 1.00 e. The van der Waals surface area contributed by atoms with Crippen LogP contribution in [0, 0.1) is 0 Å². The van der Waals surface area contributed by atoms with E-state index in [4.69, 9.17) is 24.9 Å². The molecule has 0 spiro atoms. The molecule has 1 fully saturated rings. The summed E-state index contributed by atoms with van der Waals surface area (Å²) < 4.78 is 45.8. The number of nitrogens with zero attached hydrogens (tertiary/aromatic N) is 1. The second-order valence-electron chi connectivity index (χ2n) is 8.06. The summed E-state index contributed by atoms with van der Waals surface area (Å²) in [5, 5.41) is 45.8. The Balaban J connectivity index is 0.0000130. The van der Waals surface area contributed by atoms with E-state index in [1.165, 1.54) is 20.8 Å². The van der Waals surface area contributed by atoms with E-state index in [-0.39, 0.29) is 29.6 Å². The Morgan fingerprint density at radius 2 is 1.70 bits per heavy atom. The van der Waals surface area contributed by atoms with Gasteiger partial charge in [-0.15, -0.1) is 0 Å². The first kappa shape index (κ1) is 35.5. The summed E-state index contributed by atoms with van der Waals surface area (Å²) in [7, 11) is -4.95. The van der Waals surface area contributed by atoms with Crippen molar-refractivity contribution < 1.29 is 91.0 Å². The number of ether oxygens (including phenoxy) is 2. The van der Waals surface area contributed by atoms with Gasteiger partial charge in [-0.3, -0.25) is 23.9 Å². The van der Waals surface area contributed by atoms with Crippen LogP contribution in [-0.2, 0) is 38.4 Å². The third-order valence-corrected chi connectivity index (χ3v) is 5.36. The van der Waals surface area contributed by atoms with Gasteiger partial charge in [0.15, 0.2) is 6.29 Å². The minimum atomic E-state index is -4.95. The minimum Gasteiger partial charge on any atom is -0.862 e. The number of nitrogens with two attached hydrogens (primary N) is 1. The average molecular weight is 567 g/mol. The third-order valence-electron chi connectivity index (χ3n) is 4.92. The number of carboxylic acids is 1. The molecule has 1 heterocycles. The first-order valence-corrected chi connectivity index (χ1v) is 11.9. The summed E-state index contributed by atoms with van der Waals surface area (Å²) in [6.45, 7) is 3.80. The Morgan fingerprint density at radius 3 is 2.16 bits per heavy atom. The van der Waals surface area contributed by atoms with Crippen LogP contribution >= 0.6 is 0 Å². The van der Waals surface area contributed by atoms with Crippen LogP contribution in [0.3, 0.4) is 0 Å². The fourth-order valence-corrected chi connectivity index (χ4v) is 3.31. The van der Waals surface area contributed by atoms with E-state index in [1.807, 2.05) is 0 Å². The summed E-state index contributed by atoms with van der Waals surface area (Å²) >= 11 is 0. The van der Waals surface area contributed by atoms with Gasteiger partial charge in [-0.05, 0) is 33.6 Å². The number of nitrogens with one attached hydrogen (secondary N) is 2. The molecule has 0 aromatic carbocycles. The molecule has 8 N–H and O–H groups in total. The van der Waals surface area contributed by atoms with Crippen molar-refractivity contribution in [3.63, 3.8) is 0 Å². The molecule has 0 aromatic heterocycles. The Bertz CT molecular complexity index is 931. The van der Waals surface area contributed by atoms with Crippen molar-refractivity contribution in [2.45, 2.75) is 82.6 Å². The fourth-order valence-electron chi connectivity index (χ4n) is 3.00. The SMILES string of the molecule is CC([O-])=N[C@H]1[C@@H](O[C@H](C)[C@H](NC(=O)[C@H](C)N)C(=O)N[C@@H](C)C(=O)O)O[C@H](COS(=O)(=O)O)[C@H](O)[C@@H]1O.[Na+]. The van der Waals surface area contributed by atoms with Crippen molar-refractivity contribution >= 4 is 34.1 Å². The molecule has 1 aliphatic heterocycles. The Morgan fingerprint density at radius 1 is 1.14 bits per heavy atom. The number of aliphatic carboxylic acids is 1. The van der Waals surface area contributed by atoms with Gasteiger partial charge >= 0.3 is 45.9 Å². The van der Waals surface area contributed by atoms with Gasteiger partial charge in [-0.1, -0.05) is 0 Å². The molecule has 2 amide bonds. The summed E-state index contributed by atoms with van der Waals surface area (Å²) in [6.07, 6.45) is -8.38. The molecule has 0 aromatic rings. The zero-order valence-corrected chi connectivity index (χ0v) is 23.6. The second kappa shape index (κ2) is 15.2. The number of hydrogen-bond donors (Lipinski definition) is 7. The topological polar surface area (TPSA) is 279 Å². The van der Waals surface area contributed by atoms with E-state index in [9.17, 15) is 38.1 Å². The number of carboxylic acid groups (broad SMARTS) is 1. The maximum absolute atomic E-state index is 12.7. The minimum absolute atomic E-state index is 0. The van der Waals surface area contributed by atoms with Crippen LogP contribution in [0.4, 0.5) is 0 Å². The number of carbonyl (C=O) groups excluding carboxylic acids is 2. The number of hydrogen-bond acceptors (Lipinski definition) is 13. The van der Waals surface area contributed by atoms with Gasteiger partial charge in [0.25, 0.3) is 0 Å². The van der Waals surface area contributed by atoms with Crippen LogP contribution in [-0.4, -0.2) is 113 Å². The zero-order chi connectivity index (χ0) is 28.0. The predicted molar refractivity (Wildman–Crippen MR) is 116 cm³/mol. The van der Waals surface area contributed by atoms with Crippen molar-refractivity contribution in [3.8, 4) is 0 Å². The monoisotopic (exact) mass is 566 g/mol. The van der Waals surface area contributed by atoms with Crippen LogP contribution < -0.4 is 51.0 Å². The number of amides is 2. The summed E-state index contributed by atoms with van der Waals surface area (Å²) in [4.78, 5) is 39.6.